The Morgan fingerprint density at radius 1 is 1.47 bits per heavy atom. The van der Waals surface area contributed by atoms with Crippen molar-refractivity contribution in [2.24, 2.45) is 0 Å². The van der Waals surface area contributed by atoms with Crippen LogP contribution in [0.3, 0.4) is 0 Å². The Kier molecular flexibility index (Phi) is 2.57. The number of hydrogen-bond donors (Lipinski definition) is 1. The van der Waals surface area contributed by atoms with Gasteiger partial charge in [0.25, 0.3) is 0 Å². The van der Waals surface area contributed by atoms with Gasteiger partial charge in [-0.25, -0.2) is 0 Å². The Hall–Kier alpha value is -1.22. The highest BCUT2D eigenvalue weighted by Gasteiger charge is 2.19. The van der Waals surface area contributed by atoms with Crippen molar-refractivity contribution in [2.75, 3.05) is 26.4 Å². The molecule has 82 valence electrons. The van der Waals surface area contributed by atoms with Crippen LogP contribution >= 0.6 is 0 Å². The van der Waals surface area contributed by atoms with Crippen LogP contribution in [0.1, 0.15) is 16.7 Å². The number of aryl methyl sites for hydroxylation is 1. The van der Waals surface area contributed by atoms with E-state index in [1.165, 1.54) is 11.1 Å². The molecule has 0 bridgehead atoms. The van der Waals surface area contributed by atoms with Crippen LogP contribution in [0, 0.1) is 6.92 Å². The van der Waals surface area contributed by atoms with Gasteiger partial charge in [-0.1, -0.05) is 6.07 Å². The van der Waals surface area contributed by atoms with Crippen molar-refractivity contribution in [2.45, 2.75) is 19.9 Å². The second kappa shape index (κ2) is 3.74. The molecule has 0 amide bonds. The summed E-state index contributed by atoms with van der Waals surface area (Å²) < 4.78 is 5.33. The molecular formula is C12H18N2O. The molecule has 2 N–H and O–H groups in total. The molecule has 0 spiro atoms. The maximum absolute atomic E-state index is 6.13. The highest BCUT2D eigenvalue weighted by molar-refractivity contribution is 5.65. The first kappa shape index (κ1) is 10.3. The monoisotopic (exact) mass is 206 g/mol. The van der Waals surface area contributed by atoms with E-state index in [1.807, 2.05) is 6.92 Å². The van der Waals surface area contributed by atoms with Crippen molar-refractivity contribution in [3.63, 3.8) is 0 Å². The Bertz CT molecular complexity index is 388. The first-order valence-electron chi connectivity index (χ1n) is 5.27. The highest BCUT2D eigenvalue weighted by Crippen LogP contribution is 2.34. The zero-order chi connectivity index (χ0) is 11.0. The third-order valence-electron chi connectivity index (χ3n) is 3.10. The average Bonchev–Trinajstić information content (AvgIpc) is 2.20. The molecule has 0 atom stereocenters. The lowest BCUT2D eigenvalue weighted by molar-refractivity contribution is 0.312. The summed E-state index contributed by atoms with van der Waals surface area (Å²) in [6, 6.07) is 2.21. The molecule has 2 rings (SSSR count). The number of rotatable bonds is 1. The van der Waals surface area contributed by atoms with E-state index >= 15 is 0 Å². The van der Waals surface area contributed by atoms with Crippen LogP contribution in [0.5, 0.6) is 5.75 Å². The molecule has 0 aromatic heterocycles. The lowest BCUT2D eigenvalue weighted by Crippen LogP contribution is -2.27. The maximum Gasteiger partial charge on any atom is 0.144 e. The number of fused-ring (bicyclic) bond motifs is 1. The van der Waals surface area contributed by atoms with Crippen LogP contribution in [0.15, 0.2) is 6.07 Å². The molecule has 3 nitrogen and oxygen atoms in total. The van der Waals surface area contributed by atoms with Crippen molar-refractivity contribution in [3.8, 4) is 5.75 Å². The minimum Gasteiger partial charge on any atom is -0.494 e. The van der Waals surface area contributed by atoms with Crippen LogP contribution in [0.4, 0.5) is 5.69 Å². The van der Waals surface area contributed by atoms with Crippen molar-refractivity contribution in [1.29, 1.82) is 0 Å². The molecule has 15 heavy (non-hydrogen) atoms. The van der Waals surface area contributed by atoms with E-state index in [-0.39, 0.29) is 0 Å². The van der Waals surface area contributed by atoms with Crippen LogP contribution in [-0.2, 0) is 13.0 Å². The van der Waals surface area contributed by atoms with Crippen molar-refractivity contribution in [1.82, 2.24) is 4.90 Å². The average molecular weight is 206 g/mol. The van der Waals surface area contributed by atoms with Gasteiger partial charge in [0.1, 0.15) is 5.75 Å². The predicted octanol–water partition coefficient (Wildman–Crippen LogP) is 1.57. The van der Waals surface area contributed by atoms with Gasteiger partial charge in [-0.2, -0.15) is 0 Å². The molecule has 1 aliphatic heterocycles. The smallest absolute Gasteiger partial charge is 0.144 e. The van der Waals surface area contributed by atoms with E-state index in [2.05, 4.69) is 18.0 Å². The number of anilines is 1. The summed E-state index contributed by atoms with van der Waals surface area (Å²) in [6.45, 7) is 4.09. The van der Waals surface area contributed by atoms with E-state index in [9.17, 15) is 0 Å². The van der Waals surface area contributed by atoms with Gasteiger partial charge in [0.05, 0.1) is 12.8 Å². The van der Waals surface area contributed by atoms with Crippen LogP contribution in [0.2, 0.25) is 0 Å². The number of nitrogen functional groups attached to an aromatic ring is 1. The van der Waals surface area contributed by atoms with Crippen molar-refractivity contribution < 1.29 is 4.74 Å². The van der Waals surface area contributed by atoms with Crippen molar-refractivity contribution in [3.05, 3.63) is 22.8 Å². The number of likely N-dealkylation sites (N-methyl/N-ethyl adjacent to an activating group) is 1. The molecule has 1 aromatic rings. The molecule has 0 radical (unpaired) electrons. The van der Waals surface area contributed by atoms with Crippen LogP contribution in [0.25, 0.3) is 0 Å². The summed E-state index contributed by atoms with van der Waals surface area (Å²) >= 11 is 0. The molecule has 1 aromatic carbocycles. The van der Waals surface area contributed by atoms with Crippen molar-refractivity contribution >= 4 is 5.69 Å². The van der Waals surface area contributed by atoms with Gasteiger partial charge in [0.15, 0.2) is 0 Å². The van der Waals surface area contributed by atoms with Gasteiger partial charge in [-0.3, -0.25) is 0 Å². The van der Waals surface area contributed by atoms with E-state index in [1.54, 1.807) is 7.11 Å². The molecule has 0 fully saturated rings. The first-order chi connectivity index (χ1) is 7.13. The first-order valence-corrected chi connectivity index (χ1v) is 5.27. The highest BCUT2D eigenvalue weighted by atomic mass is 16.5. The number of nitrogens with zero attached hydrogens (tertiary/aromatic N) is 1. The number of hydrogen-bond acceptors (Lipinski definition) is 3. The Morgan fingerprint density at radius 2 is 2.20 bits per heavy atom. The second-order valence-electron chi connectivity index (χ2n) is 4.27. The molecule has 0 aliphatic carbocycles. The number of nitrogens with two attached hydrogens (primary N) is 1. The lowest BCUT2D eigenvalue weighted by Gasteiger charge is -2.27. The minimum atomic E-state index is 0.819. The zero-order valence-corrected chi connectivity index (χ0v) is 9.63. The normalized spacial score (nSPS) is 16.2. The SMILES string of the molecule is COc1c(C)cc2c(c1N)CN(C)CC2. The van der Waals surface area contributed by atoms with Gasteiger partial charge in [0.2, 0.25) is 0 Å². The third kappa shape index (κ3) is 1.67. The molecule has 0 unspecified atom stereocenters. The molecular weight excluding hydrogens is 188 g/mol. The van der Waals surface area contributed by atoms with E-state index in [0.29, 0.717) is 0 Å². The Morgan fingerprint density at radius 3 is 2.87 bits per heavy atom. The number of methoxy groups -OCH3 is 1. The fourth-order valence-corrected chi connectivity index (χ4v) is 2.28. The van der Waals surface area contributed by atoms with E-state index in [4.69, 9.17) is 10.5 Å². The largest absolute Gasteiger partial charge is 0.494 e. The summed E-state index contributed by atoms with van der Waals surface area (Å²) in [6.07, 6.45) is 1.08. The Labute approximate surface area is 90.8 Å². The zero-order valence-electron chi connectivity index (χ0n) is 9.63. The molecule has 1 aliphatic rings. The topological polar surface area (TPSA) is 38.5 Å². The van der Waals surface area contributed by atoms with Gasteiger partial charge in [-0.05, 0) is 37.1 Å². The second-order valence-corrected chi connectivity index (χ2v) is 4.27. The molecule has 3 heteroatoms. The third-order valence-corrected chi connectivity index (χ3v) is 3.10. The van der Waals surface area contributed by atoms with E-state index < -0.39 is 0 Å². The number of ether oxygens (including phenoxy) is 1. The molecule has 0 saturated carbocycles. The number of benzene rings is 1. The van der Waals surface area contributed by atoms with Gasteiger partial charge < -0.3 is 15.4 Å². The quantitative estimate of drug-likeness (QED) is 0.709. The summed E-state index contributed by atoms with van der Waals surface area (Å²) in [4.78, 5) is 2.29. The summed E-state index contributed by atoms with van der Waals surface area (Å²) in [5.74, 6) is 0.837. The van der Waals surface area contributed by atoms with Crippen LogP contribution in [-0.4, -0.2) is 25.6 Å². The Balaban J connectivity index is 2.54. The van der Waals surface area contributed by atoms with E-state index in [0.717, 1.165) is 36.5 Å². The lowest BCUT2D eigenvalue weighted by atomic mass is 9.95. The summed E-state index contributed by atoms with van der Waals surface area (Å²) in [5.41, 5.74) is 10.7. The fourth-order valence-electron chi connectivity index (χ4n) is 2.28. The molecule has 0 saturated heterocycles. The predicted molar refractivity (Wildman–Crippen MR) is 62.2 cm³/mol. The van der Waals surface area contributed by atoms with Gasteiger partial charge in [0, 0.05) is 13.1 Å². The minimum absolute atomic E-state index is 0.819. The summed E-state index contributed by atoms with van der Waals surface area (Å²) in [7, 11) is 3.80. The molecule has 1 heterocycles. The summed E-state index contributed by atoms with van der Waals surface area (Å²) in [5, 5.41) is 0. The standard InChI is InChI=1S/C12H18N2O/c1-8-6-9-4-5-14(2)7-10(9)11(13)12(8)15-3/h6H,4-5,7,13H2,1-3H3. The fraction of sp³-hybridized carbons (Fsp3) is 0.500. The van der Waals surface area contributed by atoms with Crippen LogP contribution < -0.4 is 10.5 Å². The van der Waals surface area contributed by atoms with Gasteiger partial charge >= 0.3 is 0 Å². The maximum atomic E-state index is 6.13. The van der Waals surface area contributed by atoms with Gasteiger partial charge in [-0.15, -0.1) is 0 Å².